The molecule has 0 aromatic carbocycles. The van der Waals surface area contributed by atoms with Gasteiger partial charge in [-0.1, -0.05) is 27.2 Å². The van der Waals surface area contributed by atoms with Gasteiger partial charge in [0.1, 0.15) is 0 Å². The summed E-state index contributed by atoms with van der Waals surface area (Å²) in [5, 5.41) is 4.65. The molecular weight excluding hydrogens is 228 g/mol. The van der Waals surface area contributed by atoms with Crippen LogP contribution in [0.2, 0.25) is 0 Å². The van der Waals surface area contributed by atoms with Crippen molar-refractivity contribution in [2.45, 2.75) is 57.8 Å². The minimum absolute atomic E-state index is 0.179. The monoisotopic (exact) mass is 252 g/mol. The molecule has 0 aliphatic heterocycles. The summed E-state index contributed by atoms with van der Waals surface area (Å²) in [4.78, 5) is 6.33. The van der Waals surface area contributed by atoms with Crippen LogP contribution in [0.1, 0.15) is 55.6 Å². The van der Waals surface area contributed by atoms with Crippen LogP contribution in [0.15, 0.2) is 0 Å². The number of nitrogens with one attached hydrogen (secondary N) is 1. The topological polar surface area (TPSA) is 24.9 Å². The summed E-state index contributed by atoms with van der Waals surface area (Å²) in [5.74, 6) is 0. The van der Waals surface area contributed by atoms with Crippen molar-refractivity contribution in [2.75, 3.05) is 13.6 Å². The lowest BCUT2D eigenvalue weighted by Crippen LogP contribution is -2.42. The lowest BCUT2D eigenvalue weighted by Gasteiger charge is -2.41. The Morgan fingerprint density at radius 1 is 1.35 bits per heavy atom. The average Bonchev–Trinajstić information content (AvgIpc) is 2.54. The average molecular weight is 252 g/mol. The molecule has 0 atom stereocenters. The molecule has 0 bridgehead atoms. The van der Waals surface area contributed by atoms with Crippen molar-refractivity contribution in [1.29, 1.82) is 0 Å². The molecule has 1 saturated carbocycles. The molecule has 96 valence electrons. The molecule has 1 fully saturated rings. The molecule has 0 saturated heterocycles. The van der Waals surface area contributed by atoms with Crippen molar-refractivity contribution in [3.8, 4) is 0 Å². The zero-order chi connectivity index (χ0) is 12.7. The Morgan fingerprint density at radius 3 is 2.35 bits per heavy atom. The van der Waals surface area contributed by atoms with E-state index in [0.29, 0.717) is 5.41 Å². The number of aryl methyl sites for hydroxylation is 1. The first-order valence-electron chi connectivity index (χ1n) is 6.52. The lowest BCUT2D eigenvalue weighted by molar-refractivity contribution is 0.243. The van der Waals surface area contributed by atoms with E-state index in [1.54, 1.807) is 0 Å². The van der Waals surface area contributed by atoms with E-state index >= 15 is 0 Å². The van der Waals surface area contributed by atoms with Gasteiger partial charge >= 0.3 is 0 Å². The van der Waals surface area contributed by atoms with Crippen LogP contribution in [-0.4, -0.2) is 18.6 Å². The van der Waals surface area contributed by atoms with Gasteiger partial charge in [0.2, 0.25) is 0 Å². The minimum Gasteiger partial charge on any atom is -0.319 e. The highest BCUT2D eigenvalue weighted by atomic mass is 32.1. The lowest BCUT2D eigenvalue weighted by atomic mass is 9.67. The Labute approximate surface area is 109 Å². The van der Waals surface area contributed by atoms with Crippen LogP contribution in [0.25, 0.3) is 0 Å². The van der Waals surface area contributed by atoms with E-state index in [1.165, 1.54) is 34.8 Å². The van der Waals surface area contributed by atoms with Crippen LogP contribution in [0, 0.1) is 6.92 Å². The van der Waals surface area contributed by atoms with Crippen LogP contribution < -0.4 is 5.32 Å². The number of thiazole rings is 1. The number of nitrogens with zero attached hydrogens (tertiary/aromatic N) is 1. The SMILES string of the molecule is CNCC1(c2sc(C(C)(C)C)nc2C)CCC1. The van der Waals surface area contributed by atoms with Crippen molar-refractivity contribution in [2.24, 2.45) is 0 Å². The molecule has 0 radical (unpaired) electrons. The van der Waals surface area contributed by atoms with Gasteiger partial charge in [0, 0.05) is 22.3 Å². The molecule has 0 spiro atoms. The molecule has 1 N–H and O–H groups in total. The van der Waals surface area contributed by atoms with Crippen molar-refractivity contribution >= 4 is 11.3 Å². The first-order valence-corrected chi connectivity index (χ1v) is 7.34. The van der Waals surface area contributed by atoms with E-state index in [2.05, 4.69) is 40.1 Å². The predicted octanol–water partition coefficient (Wildman–Crippen LogP) is 3.39. The van der Waals surface area contributed by atoms with Crippen LogP contribution >= 0.6 is 11.3 Å². The van der Waals surface area contributed by atoms with E-state index in [9.17, 15) is 0 Å². The molecule has 1 aromatic heterocycles. The van der Waals surface area contributed by atoms with Gasteiger partial charge in [0.05, 0.1) is 10.7 Å². The minimum atomic E-state index is 0.179. The quantitative estimate of drug-likeness (QED) is 0.892. The van der Waals surface area contributed by atoms with Gasteiger partial charge < -0.3 is 5.32 Å². The van der Waals surface area contributed by atoms with Crippen LogP contribution in [-0.2, 0) is 10.8 Å². The van der Waals surface area contributed by atoms with Gasteiger partial charge in [-0.25, -0.2) is 4.98 Å². The molecular formula is C14H24N2S. The van der Waals surface area contributed by atoms with E-state index in [-0.39, 0.29) is 5.41 Å². The Kier molecular flexibility index (Phi) is 3.34. The van der Waals surface area contributed by atoms with Crippen LogP contribution in [0.3, 0.4) is 0 Å². The smallest absolute Gasteiger partial charge is 0.0984 e. The second-order valence-corrected chi connectivity index (χ2v) is 7.35. The van der Waals surface area contributed by atoms with E-state index in [1.807, 2.05) is 11.3 Å². The molecule has 1 aromatic rings. The molecule has 2 nitrogen and oxygen atoms in total. The fraction of sp³-hybridized carbons (Fsp3) is 0.786. The molecule has 1 aliphatic carbocycles. The molecule has 2 rings (SSSR count). The summed E-state index contributed by atoms with van der Waals surface area (Å²) < 4.78 is 0. The molecule has 0 amide bonds. The maximum absolute atomic E-state index is 4.80. The van der Waals surface area contributed by atoms with Gasteiger partial charge in [0.15, 0.2) is 0 Å². The molecule has 17 heavy (non-hydrogen) atoms. The third-order valence-electron chi connectivity index (χ3n) is 3.75. The highest BCUT2D eigenvalue weighted by molar-refractivity contribution is 7.12. The standard InChI is InChI=1S/C14H24N2S/c1-10-11(14(9-15-5)7-6-8-14)17-12(16-10)13(2,3)4/h15H,6-9H2,1-5H3. The second kappa shape index (κ2) is 4.36. The van der Waals surface area contributed by atoms with Gasteiger partial charge in [-0.2, -0.15) is 0 Å². The first-order chi connectivity index (χ1) is 7.89. The second-order valence-electron chi connectivity index (χ2n) is 6.35. The number of hydrogen-bond donors (Lipinski definition) is 1. The number of aromatic nitrogens is 1. The predicted molar refractivity (Wildman–Crippen MR) is 75.0 cm³/mol. The fourth-order valence-electron chi connectivity index (χ4n) is 2.64. The number of hydrogen-bond acceptors (Lipinski definition) is 3. The van der Waals surface area contributed by atoms with E-state index in [4.69, 9.17) is 4.98 Å². The summed E-state index contributed by atoms with van der Waals surface area (Å²) in [6, 6.07) is 0. The molecule has 1 aliphatic rings. The van der Waals surface area contributed by atoms with Gasteiger partial charge in [-0.05, 0) is 26.8 Å². The molecule has 1 heterocycles. The molecule has 0 unspecified atom stereocenters. The van der Waals surface area contributed by atoms with Crippen molar-refractivity contribution in [1.82, 2.24) is 10.3 Å². The summed E-state index contributed by atoms with van der Waals surface area (Å²) in [6.07, 6.45) is 4.00. The van der Waals surface area contributed by atoms with Crippen LogP contribution in [0.4, 0.5) is 0 Å². The Morgan fingerprint density at radius 2 is 2.00 bits per heavy atom. The normalized spacial score (nSPS) is 19.1. The summed E-state index contributed by atoms with van der Waals surface area (Å²) >= 11 is 1.94. The largest absolute Gasteiger partial charge is 0.319 e. The summed E-state index contributed by atoms with van der Waals surface area (Å²) in [7, 11) is 2.06. The zero-order valence-corrected chi connectivity index (χ0v) is 12.5. The number of rotatable bonds is 3. The van der Waals surface area contributed by atoms with Gasteiger partial charge in [-0.3, -0.25) is 0 Å². The Balaban J connectivity index is 2.35. The number of likely N-dealkylation sites (N-methyl/N-ethyl adjacent to an activating group) is 1. The Hall–Kier alpha value is -0.410. The third kappa shape index (κ3) is 2.27. The van der Waals surface area contributed by atoms with Gasteiger partial charge in [-0.15, -0.1) is 11.3 Å². The van der Waals surface area contributed by atoms with Crippen LogP contribution in [0.5, 0.6) is 0 Å². The summed E-state index contributed by atoms with van der Waals surface area (Å²) in [6.45, 7) is 10.0. The maximum atomic E-state index is 4.80. The van der Waals surface area contributed by atoms with E-state index in [0.717, 1.165) is 6.54 Å². The van der Waals surface area contributed by atoms with E-state index < -0.39 is 0 Å². The Bertz CT molecular complexity index is 397. The highest BCUT2D eigenvalue weighted by Crippen LogP contribution is 2.47. The zero-order valence-electron chi connectivity index (χ0n) is 11.7. The maximum Gasteiger partial charge on any atom is 0.0984 e. The van der Waals surface area contributed by atoms with Crippen molar-refractivity contribution < 1.29 is 0 Å². The van der Waals surface area contributed by atoms with Gasteiger partial charge in [0.25, 0.3) is 0 Å². The first kappa shape index (κ1) is 13.0. The highest BCUT2D eigenvalue weighted by Gasteiger charge is 2.41. The fourth-order valence-corrected chi connectivity index (χ4v) is 4.00. The van der Waals surface area contributed by atoms with Crippen molar-refractivity contribution in [3.63, 3.8) is 0 Å². The molecule has 3 heteroatoms. The third-order valence-corrected chi connectivity index (χ3v) is 5.58. The van der Waals surface area contributed by atoms with Crippen molar-refractivity contribution in [3.05, 3.63) is 15.6 Å². The summed E-state index contributed by atoms with van der Waals surface area (Å²) in [5.41, 5.74) is 1.83.